The van der Waals surface area contributed by atoms with Crippen LogP contribution in [0.1, 0.15) is 50.9 Å². The van der Waals surface area contributed by atoms with Gasteiger partial charge >= 0.3 is 0 Å². The summed E-state index contributed by atoms with van der Waals surface area (Å²) in [5.41, 5.74) is 3.09. The molecule has 0 aromatic carbocycles. The molecule has 37 heavy (non-hydrogen) atoms. The Balaban J connectivity index is 1.54. The summed E-state index contributed by atoms with van der Waals surface area (Å²) in [4.78, 5) is 18.7. The summed E-state index contributed by atoms with van der Waals surface area (Å²) in [6.45, 7) is 7.02. The van der Waals surface area contributed by atoms with Crippen molar-refractivity contribution in [1.29, 1.82) is 0 Å². The number of aliphatic hydroxyl groups excluding tert-OH is 2. The molecule has 4 N–H and O–H groups in total. The molecular weight excluding hydrogens is 512 g/mol. The second-order valence-electron chi connectivity index (χ2n) is 10.8. The van der Waals surface area contributed by atoms with Gasteiger partial charge in [0.2, 0.25) is 5.95 Å². The van der Waals surface area contributed by atoms with E-state index in [1.165, 1.54) is 24.0 Å². The Labute approximate surface area is 220 Å². The fourth-order valence-corrected chi connectivity index (χ4v) is 7.04. The van der Waals surface area contributed by atoms with Crippen LogP contribution in [-0.4, -0.2) is 73.9 Å². The van der Waals surface area contributed by atoms with Crippen LogP contribution < -0.4 is 10.6 Å². The second-order valence-corrected chi connectivity index (χ2v) is 14.5. The van der Waals surface area contributed by atoms with Gasteiger partial charge < -0.3 is 20.8 Å². The molecule has 2 aliphatic rings. The van der Waals surface area contributed by atoms with Crippen molar-refractivity contribution >= 4 is 43.2 Å². The minimum atomic E-state index is -3.48. The molecule has 0 saturated heterocycles. The lowest BCUT2D eigenvalue weighted by Crippen LogP contribution is -2.45. The summed E-state index contributed by atoms with van der Waals surface area (Å²) < 4.78 is 24.8. The van der Waals surface area contributed by atoms with E-state index in [0.717, 1.165) is 39.5 Å². The van der Waals surface area contributed by atoms with E-state index in [4.69, 9.17) is 15.0 Å². The lowest BCUT2D eigenvalue weighted by atomic mass is 9.91. The van der Waals surface area contributed by atoms with E-state index in [0.29, 0.717) is 23.4 Å². The van der Waals surface area contributed by atoms with Gasteiger partial charge in [-0.15, -0.1) is 11.3 Å². The highest BCUT2D eigenvalue weighted by molar-refractivity contribution is 7.92. The third-order valence-corrected chi connectivity index (χ3v) is 11.3. The molecule has 200 valence electrons. The molecule has 12 heteroatoms. The predicted molar refractivity (Wildman–Crippen MR) is 146 cm³/mol. The van der Waals surface area contributed by atoms with E-state index in [-0.39, 0.29) is 6.42 Å². The number of pyridine rings is 1. The molecule has 5 rings (SSSR count). The van der Waals surface area contributed by atoms with Crippen LogP contribution >= 0.6 is 11.3 Å². The first-order valence-corrected chi connectivity index (χ1v) is 15.3. The maximum Gasteiger partial charge on any atom is 0.225 e. The molecule has 0 spiro atoms. The number of nitrogens with zero attached hydrogens (tertiary/aromatic N) is 4. The lowest BCUT2D eigenvalue weighted by Gasteiger charge is -2.32. The second kappa shape index (κ2) is 9.40. The average Bonchev–Trinajstić information content (AvgIpc) is 3.33. The number of aryl methyl sites for hydroxylation is 2. The molecule has 0 unspecified atom stereocenters. The van der Waals surface area contributed by atoms with Gasteiger partial charge in [0.15, 0.2) is 9.84 Å². The maximum absolute atomic E-state index is 12.5. The maximum atomic E-state index is 12.5. The number of aromatic nitrogens is 4. The molecule has 2 fully saturated rings. The smallest absolute Gasteiger partial charge is 0.225 e. The lowest BCUT2D eigenvalue weighted by molar-refractivity contribution is 0.0106. The average molecular weight is 547 g/mol. The van der Waals surface area contributed by atoms with E-state index < -0.39 is 38.8 Å². The van der Waals surface area contributed by atoms with Crippen molar-refractivity contribution in [1.82, 2.24) is 19.9 Å². The van der Waals surface area contributed by atoms with E-state index in [2.05, 4.69) is 15.6 Å². The topological polar surface area (TPSA) is 150 Å². The quantitative estimate of drug-likeness (QED) is 0.348. The Morgan fingerprint density at radius 3 is 2.41 bits per heavy atom. The van der Waals surface area contributed by atoms with E-state index in [9.17, 15) is 18.6 Å². The van der Waals surface area contributed by atoms with Crippen molar-refractivity contribution < 1.29 is 18.6 Å². The molecule has 3 aromatic rings. The molecule has 3 aromatic heterocycles. The Morgan fingerprint density at radius 2 is 1.78 bits per heavy atom. The predicted octanol–water partition coefficient (Wildman–Crippen LogP) is 3.07. The SMILES string of the molecule is Cc1nc(NC2CCC2)nc(N[C@@H]2C[C@H](C(C)(C)S(C)(=O)=O)[C@@H](O)[C@H]2O)c1-c1nc2c(C)nccc2s1. The van der Waals surface area contributed by atoms with Crippen LogP contribution in [-0.2, 0) is 9.84 Å². The number of hydrogen-bond donors (Lipinski definition) is 4. The van der Waals surface area contributed by atoms with Gasteiger partial charge in [0.1, 0.15) is 22.4 Å². The summed E-state index contributed by atoms with van der Waals surface area (Å²) in [6, 6.07) is 1.64. The molecule has 0 amide bonds. The van der Waals surface area contributed by atoms with Gasteiger partial charge in [-0.2, -0.15) is 4.98 Å². The normalized spacial score (nSPS) is 24.8. The van der Waals surface area contributed by atoms with Crippen LogP contribution in [0.15, 0.2) is 12.3 Å². The van der Waals surface area contributed by atoms with E-state index >= 15 is 0 Å². The Kier molecular flexibility index (Phi) is 6.66. The molecule has 2 saturated carbocycles. The van der Waals surface area contributed by atoms with Crippen LogP contribution in [0.4, 0.5) is 11.8 Å². The zero-order valence-corrected chi connectivity index (χ0v) is 23.3. The number of nitrogens with one attached hydrogen (secondary N) is 2. The molecule has 3 heterocycles. The minimum absolute atomic E-state index is 0.263. The summed E-state index contributed by atoms with van der Waals surface area (Å²) in [5.74, 6) is 0.339. The van der Waals surface area contributed by atoms with Crippen LogP contribution in [0.3, 0.4) is 0 Å². The first kappa shape index (κ1) is 26.2. The van der Waals surface area contributed by atoms with Crippen molar-refractivity contribution in [2.75, 3.05) is 16.9 Å². The molecule has 10 nitrogen and oxygen atoms in total. The van der Waals surface area contributed by atoms with Gasteiger partial charge in [0.05, 0.1) is 38.5 Å². The van der Waals surface area contributed by atoms with Crippen molar-refractivity contribution in [3.05, 3.63) is 23.7 Å². The fraction of sp³-hybridized carbons (Fsp3) is 0.600. The number of hydrogen-bond acceptors (Lipinski definition) is 11. The van der Waals surface area contributed by atoms with Crippen LogP contribution in [0.5, 0.6) is 0 Å². The first-order chi connectivity index (χ1) is 17.4. The molecule has 0 aliphatic heterocycles. The van der Waals surface area contributed by atoms with E-state index in [1.807, 2.05) is 19.9 Å². The van der Waals surface area contributed by atoms with Gasteiger partial charge in [0, 0.05) is 24.4 Å². The standard InChI is InChI=1S/C25H34N6O4S2/c1-12-18(23-30-19-13(2)26-10-9-17(19)36-23)22(31-24(27-12)28-14-7-6-8-14)29-16-11-15(20(32)21(16)33)25(3,4)37(5,34)35/h9-10,14-16,20-21,32-33H,6-8,11H2,1-5H3,(H2,27,28,29,31)/t15-,16+,20+,21-/m0/s1. The van der Waals surface area contributed by atoms with Crippen LogP contribution in [0.2, 0.25) is 0 Å². The number of rotatable bonds is 7. The largest absolute Gasteiger partial charge is 0.390 e. The fourth-order valence-electron chi connectivity index (χ4n) is 5.14. The zero-order chi connectivity index (χ0) is 26.7. The molecule has 2 aliphatic carbocycles. The summed E-state index contributed by atoms with van der Waals surface area (Å²) in [7, 11) is -3.48. The monoisotopic (exact) mass is 546 g/mol. The zero-order valence-electron chi connectivity index (χ0n) is 21.7. The van der Waals surface area contributed by atoms with Crippen molar-refractivity contribution in [2.24, 2.45) is 5.92 Å². The number of fused-ring (bicyclic) bond motifs is 1. The Morgan fingerprint density at radius 1 is 1.05 bits per heavy atom. The number of anilines is 2. The Bertz CT molecular complexity index is 1440. The van der Waals surface area contributed by atoms with Gasteiger partial charge in [-0.05, 0) is 59.4 Å². The number of aliphatic hydroxyl groups is 2. The Hall–Kier alpha value is -2.41. The molecule has 0 bridgehead atoms. The van der Waals surface area contributed by atoms with Crippen LogP contribution in [0.25, 0.3) is 20.8 Å². The molecule has 0 radical (unpaired) electrons. The van der Waals surface area contributed by atoms with E-state index in [1.54, 1.807) is 20.0 Å². The van der Waals surface area contributed by atoms with Gasteiger partial charge in [-0.25, -0.2) is 18.4 Å². The molecule has 4 atom stereocenters. The molecular formula is C25H34N6O4S2. The third kappa shape index (κ3) is 4.68. The van der Waals surface area contributed by atoms with Gasteiger partial charge in [0.25, 0.3) is 0 Å². The summed E-state index contributed by atoms with van der Waals surface area (Å²) >= 11 is 1.51. The number of sulfone groups is 1. The highest BCUT2D eigenvalue weighted by Gasteiger charge is 2.52. The number of thiazole rings is 1. The van der Waals surface area contributed by atoms with Gasteiger partial charge in [-0.3, -0.25) is 4.98 Å². The van der Waals surface area contributed by atoms with Gasteiger partial charge in [-0.1, -0.05) is 0 Å². The summed E-state index contributed by atoms with van der Waals surface area (Å²) in [6.07, 6.45) is 4.12. The highest BCUT2D eigenvalue weighted by Crippen LogP contribution is 2.42. The van der Waals surface area contributed by atoms with Crippen molar-refractivity contribution in [3.63, 3.8) is 0 Å². The van der Waals surface area contributed by atoms with Crippen LogP contribution in [0, 0.1) is 19.8 Å². The van der Waals surface area contributed by atoms with Crippen molar-refractivity contribution in [3.8, 4) is 10.6 Å². The first-order valence-electron chi connectivity index (χ1n) is 12.6. The summed E-state index contributed by atoms with van der Waals surface area (Å²) in [5, 5.41) is 29.3. The minimum Gasteiger partial charge on any atom is -0.390 e. The highest BCUT2D eigenvalue weighted by atomic mass is 32.2. The third-order valence-electron chi connectivity index (χ3n) is 8.09. The van der Waals surface area contributed by atoms with Crippen molar-refractivity contribution in [2.45, 2.75) is 82.4 Å².